The molecule has 0 bridgehead atoms. The van der Waals surface area contributed by atoms with Crippen LogP contribution in [0.25, 0.3) is 0 Å². The third kappa shape index (κ3) is 3.66. The molecule has 0 fully saturated rings. The van der Waals surface area contributed by atoms with Crippen LogP contribution in [0.2, 0.25) is 0 Å². The molecule has 0 aliphatic carbocycles. The van der Waals surface area contributed by atoms with Gasteiger partial charge >= 0.3 is 0 Å². The molecule has 0 unspecified atom stereocenters. The number of anilines is 1. The Morgan fingerprint density at radius 1 is 1.43 bits per heavy atom. The molecule has 1 aromatic rings. The van der Waals surface area contributed by atoms with Gasteiger partial charge in [0.1, 0.15) is 5.75 Å². The molecule has 0 heterocycles. The smallest absolute Gasteiger partial charge is 0.121 e. The second kappa shape index (κ2) is 5.50. The van der Waals surface area contributed by atoms with Gasteiger partial charge < -0.3 is 15.8 Å². The molecule has 0 radical (unpaired) electrons. The average Bonchev–Trinajstić information content (AvgIpc) is 2.14. The minimum Gasteiger partial charge on any atom is -0.491 e. The van der Waals surface area contributed by atoms with Crippen molar-refractivity contribution in [1.82, 2.24) is 0 Å². The van der Waals surface area contributed by atoms with Crippen molar-refractivity contribution in [3.05, 3.63) is 24.3 Å². The Balaban J connectivity index is 2.59. The molecule has 78 valence electrons. The summed E-state index contributed by atoms with van der Waals surface area (Å²) in [6.45, 7) is 5.44. The summed E-state index contributed by atoms with van der Waals surface area (Å²) in [7, 11) is 0. The lowest BCUT2D eigenvalue weighted by molar-refractivity contribution is 0.242. The summed E-state index contributed by atoms with van der Waals surface area (Å²) in [5, 5.41) is 3.20. The van der Waals surface area contributed by atoms with Gasteiger partial charge in [0.25, 0.3) is 0 Å². The molecule has 0 amide bonds. The van der Waals surface area contributed by atoms with Gasteiger partial charge in [-0.1, -0.05) is 6.07 Å². The van der Waals surface area contributed by atoms with E-state index >= 15 is 0 Å². The second-order valence-electron chi connectivity index (χ2n) is 3.41. The van der Waals surface area contributed by atoms with Gasteiger partial charge in [-0.25, -0.2) is 0 Å². The highest BCUT2D eigenvalue weighted by atomic mass is 16.5. The highest BCUT2D eigenvalue weighted by Crippen LogP contribution is 2.18. The van der Waals surface area contributed by atoms with Crippen molar-refractivity contribution >= 4 is 5.69 Å². The molecule has 0 aliphatic rings. The molecule has 0 aromatic heterocycles. The lowest BCUT2D eigenvalue weighted by atomic mass is 10.3. The van der Waals surface area contributed by atoms with Crippen LogP contribution in [-0.4, -0.2) is 19.2 Å². The first kappa shape index (κ1) is 10.9. The lowest BCUT2D eigenvalue weighted by Gasteiger charge is -2.11. The minimum absolute atomic E-state index is 0.208. The number of ether oxygens (including phenoxy) is 1. The third-order valence-electron chi connectivity index (χ3n) is 1.68. The summed E-state index contributed by atoms with van der Waals surface area (Å²) in [6, 6.07) is 7.91. The maximum absolute atomic E-state index is 5.56. The monoisotopic (exact) mass is 194 g/mol. The van der Waals surface area contributed by atoms with Crippen LogP contribution in [0.15, 0.2) is 24.3 Å². The van der Waals surface area contributed by atoms with E-state index in [2.05, 4.69) is 5.32 Å². The quantitative estimate of drug-likeness (QED) is 0.752. The van der Waals surface area contributed by atoms with Crippen LogP contribution in [0.4, 0.5) is 5.69 Å². The summed E-state index contributed by atoms with van der Waals surface area (Å²) in [5.41, 5.74) is 6.45. The highest BCUT2D eigenvalue weighted by molar-refractivity contribution is 5.48. The van der Waals surface area contributed by atoms with Crippen molar-refractivity contribution in [2.75, 3.05) is 18.4 Å². The van der Waals surface area contributed by atoms with Gasteiger partial charge in [0, 0.05) is 24.8 Å². The van der Waals surface area contributed by atoms with Gasteiger partial charge in [0.15, 0.2) is 0 Å². The summed E-state index contributed by atoms with van der Waals surface area (Å²) in [6.07, 6.45) is 0.208. The topological polar surface area (TPSA) is 47.3 Å². The number of nitrogens with one attached hydrogen (secondary N) is 1. The SMILES string of the molecule is CC(C)Oc1cccc(NCCN)c1. The van der Waals surface area contributed by atoms with E-state index in [1.165, 1.54) is 0 Å². The van der Waals surface area contributed by atoms with E-state index in [-0.39, 0.29) is 6.10 Å². The zero-order chi connectivity index (χ0) is 10.4. The van der Waals surface area contributed by atoms with Crippen LogP contribution in [0.1, 0.15) is 13.8 Å². The predicted molar refractivity (Wildman–Crippen MR) is 59.8 cm³/mol. The highest BCUT2D eigenvalue weighted by Gasteiger charge is 1.98. The van der Waals surface area contributed by atoms with Crippen LogP contribution in [0.5, 0.6) is 5.75 Å². The Hall–Kier alpha value is -1.22. The van der Waals surface area contributed by atoms with Gasteiger partial charge in [0.2, 0.25) is 0 Å². The molecule has 0 saturated heterocycles. The Bertz CT molecular complexity index is 274. The second-order valence-corrected chi connectivity index (χ2v) is 3.41. The molecule has 1 aromatic carbocycles. The molecule has 3 N–H and O–H groups in total. The van der Waals surface area contributed by atoms with Gasteiger partial charge in [0.05, 0.1) is 6.10 Å². The van der Waals surface area contributed by atoms with Gasteiger partial charge in [-0.15, -0.1) is 0 Å². The van der Waals surface area contributed by atoms with E-state index in [0.29, 0.717) is 6.54 Å². The van der Waals surface area contributed by atoms with Gasteiger partial charge in [-0.2, -0.15) is 0 Å². The molecule has 14 heavy (non-hydrogen) atoms. The summed E-state index contributed by atoms with van der Waals surface area (Å²) < 4.78 is 5.56. The number of hydrogen-bond acceptors (Lipinski definition) is 3. The molecule has 0 spiro atoms. The van der Waals surface area contributed by atoms with E-state index < -0.39 is 0 Å². The molecular formula is C11H18N2O. The summed E-state index contributed by atoms with van der Waals surface area (Å²) >= 11 is 0. The molecule has 1 rings (SSSR count). The summed E-state index contributed by atoms with van der Waals surface area (Å²) in [5.74, 6) is 0.891. The van der Waals surface area contributed by atoms with E-state index in [0.717, 1.165) is 18.0 Å². The van der Waals surface area contributed by atoms with Crippen LogP contribution < -0.4 is 15.8 Å². The largest absolute Gasteiger partial charge is 0.491 e. The Kier molecular flexibility index (Phi) is 4.26. The summed E-state index contributed by atoms with van der Waals surface area (Å²) in [4.78, 5) is 0. The molecular weight excluding hydrogens is 176 g/mol. The van der Waals surface area contributed by atoms with Crippen molar-refractivity contribution in [3.8, 4) is 5.75 Å². The van der Waals surface area contributed by atoms with Crippen molar-refractivity contribution in [2.24, 2.45) is 5.73 Å². The van der Waals surface area contributed by atoms with Gasteiger partial charge in [-0.05, 0) is 26.0 Å². The number of hydrogen-bond donors (Lipinski definition) is 2. The minimum atomic E-state index is 0.208. The first-order valence-electron chi connectivity index (χ1n) is 4.93. The van der Waals surface area contributed by atoms with Crippen molar-refractivity contribution < 1.29 is 4.74 Å². The molecule has 3 heteroatoms. The number of nitrogens with two attached hydrogens (primary N) is 1. The van der Waals surface area contributed by atoms with E-state index in [1.54, 1.807) is 0 Å². The molecule has 0 aliphatic heterocycles. The normalized spacial score (nSPS) is 10.3. The predicted octanol–water partition coefficient (Wildman–Crippen LogP) is 1.84. The fourth-order valence-corrected chi connectivity index (χ4v) is 1.17. The lowest BCUT2D eigenvalue weighted by Crippen LogP contribution is -2.13. The van der Waals surface area contributed by atoms with E-state index in [9.17, 15) is 0 Å². The maximum Gasteiger partial charge on any atom is 0.121 e. The third-order valence-corrected chi connectivity index (χ3v) is 1.68. The Morgan fingerprint density at radius 2 is 2.21 bits per heavy atom. The fourth-order valence-electron chi connectivity index (χ4n) is 1.17. The van der Waals surface area contributed by atoms with Gasteiger partial charge in [-0.3, -0.25) is 0 Å². The van der Waals surface area contributed by atoms with E-state index in [1.807, 2.05) is 38.1 Å². The maximum atomic E-state index is 5.56. The fraction of sp³-hybridized carbons (Fsp3) is 0.455. The zero-order valence-corrected chi connectivity index (χ0v) is 8.79. The van der Waals surface area contributed by atoms with Crippen LogP contribution in [0, 0.1) is 0 Å². The van der Waals surface area contributed by atoms with Crippen LogP contribution in [0.3, 0.4) is 0 Å². The first-order valence-corrected chi connectivity index (χ1v) is 4.93. The molecule has 0 saturated carbocycles. The van der Waals surface area contributed by atoms with Crippen molar-refractivity contribution in [3.63, 3.8) is 0 Å². The van der Waals surface area contributed by atoms with Crippen LogP contribution >= 0.6 is 0 Å². The number of rotatable bonds is 5. The van der Waals surface area contributed by atoms with Crippen molar-refractivity contribution in [2.45, 2.75) is 20.0 Å². The van der Waals surface area contributed by atoms with Crippen LogP contribution in [-0.2, 0) is 0 Å². The average molecular weight is 194 g/mol. The number of benzene rings is 1. The molecule has 3 nitrogen and oxygen atoms in total. The molecule has 0 atom stereocenters. The standard InChI is InChI=1S/C11H18N2O/c1-9(2)14-11-5-3-4-10(8-11)13-7-6-12/h3-5,8-9,13H,6-7,12H2,1-2H3. The Labute approximate surface area is 85.3 Å². The van der Waals surface area contributed by atoms with Crippen molar-refractivity contribution in [1.29, 1.82) is 0 Å². The first-order chi connectivity index (χ1) is 6.72. The Morgan fingerprint density at radius 3 is 2.86 bits per heavy atom. The zero-order valence-electron chi connectivity index (χ0n) is 8.79. The van der Waals surface area contributed by atoms with E-state index in [4.69, 9.17) is 10.5 Å².